The minimum atomic E-state index is -0.318. The summed E-state index contributed by atoms with van der Waals surface area (Å²) in [5, 5.41) is 3.08. The van der Waals surface area contributed by atoms with Gasteiger partial charge in [0.1, 0.15) is 5.75 Å². The van der Waals surface area contributed by atoms with Crippen LogP contribution < -0.4 is 10.1 Å². The van der Waals surface area contributed by atoms with Crippen molar-refractivity contribution in [1.29, 1.82) is 0 Å². The van der Waals surface area contributed by atoms with E-state index >= 15 is 0 Å². The molecule has 0 aliphatic carbocycles. The third kappa shape index (κ3) is 4.35. The zero-order chi connectivity index (χ0) is 15.3. The number of ether oxygens (including phenoxy) is 1. The van der Waals surface area contributed by atoms with E-state index in [9.17, 15) is 4.79 Å². The van der Waals surface area contributed by atoms with Gasteiger partial charge in [-0.25, -0.2) is 0 Å². The zero-order valence-corrected chi connectivity index (χ0v) is 12.7. The molecule has 110 valence electrons. The van der Waals surface area contributed by atoms with Crippen LogP contribution in [-0.4, -0.2) is 18.6 Å². The second-order valence-electron chi connectivity index (χ2n) is 5.73. The molecule has 0 saturated heterocycles. The molecule has 2 rings (SSSR count). The van der Waals surface area contributed by atoms with Crippen molar-refractivity contribution >= 4 is 5.91 Å². The van der Waals surface area contributed by atoms with Gasteiger partial charge in [-0.1, -0.05) is 36.4 Å². The fourth-order valence-corrected chi connectivity index (χ4v) is 2.29. The molecule has 0 atom stereocenters. The van der Waals surface area contributed by atoms with Crippen molar-refractivity contribution < 1.29 is 9.53 Å². The van der Waals surface area contributed by atoms with Gasteiger partial charge in [0.05, 0.1) is 7.11 Å². The predicted molar refractivity (Wildman–Crippen MR) is 84.7 cm³/mol. The number of hydrogen-bond donors (Lipinski definition) is 1. The quantitative estimate of drug-likeness (QED) is 0.912. The van der Waals surface area contributed by atoms with Crippen molar-refractivity contribution in [2.24, 2.45) is 0 Å². The normalized spacial score (nSPS) is 11.0. The van der Waals surface area contributed by atoms with Crippen LogP contribution in [0.2, 0.25) is 0 Å². The molecule has 1 N–H and O–H groups in total. The summed E-state index contributed by atoms with van der Waals surface area (Å²) >= 11 is 0. The van der Waals surface area contributed by atoms with E-state index in [2.05, 4.69) is 17.4 Å². The van der Waals surface area contributed by atoms with Crippen LogP contribution in [0.1, 0.15) is 29.8 Å². The highest BCUT2D eigenvalue weighted by atomic mass is 16.5. The fourth-order valence-electron chi connectivity index (χ4n) is 2.29. The van der Waals surface area contributed by atoms with Crippen molar-refractivity contribution in [2.45, 2.75) is 25.8 Å². The lowest BCUT2D eigenvalue weighted by atomic mass is 9.94. The second kappa shape index (κ2) is 6.44. The molecule has 0 spiro atoms. The summed E-state index contributed by atoms with van der Waals surface area (Å²) in [5.41, 5.74) is 1.49. The molecule has 0 aliphatic heterocycles. The largest absolute Gasteiger partial charge is 0.497 e. The number of carbonyl (C=O) groups is 1. The van der Waals surface area contributed by atoms with Crippen molar-refractivity contribution in [1.82, 2.24) is 5.32 Å². The first-order valence-electron chi connectivity index (χ1n) is 7.01. The molecule has 21 heavy (non-hydrogen) atoms. The Labute approximate surface area is 126 Å². The summed E-state index contributed by atoms with van der Waals surface area (Å²) in [6.07, 6.45) is 0.781. The van der Waals surface area contributed by atoms with E-state index in [0.29, 0.717) is 11.3 Å². The number of rotatable bonds is 5. The van der Waals surface area contributed by atoms with Gasteiger partial charge >= 0.3 is 0 Å². The maximum absolute atomic E-state index is 12.4. The van der Waals surface area contributed by atoms with Crippen LogP contribution in [0.3, 0.4) is 0 Å². The van der Waals surface area contributed by atoms with Crippen LogP contribution in [0.15, 0.2) is 54.6 Å². The average Bonchev–Trinajstić information content (AvgIpc) is 2.47. The van der Waals surface area contributed by atoms with Gasteiger partial charge in [0.15, 0.2) is 0 Å². The smallest absolute Gasteiger partial charge is 0.251 e. The van der Waals surface area contributed by atoms with Gasteiger partial charge in [0.25, 0.3) is 5.91 Å². The predicted octanol–water partition coefficient (Wildman–Crippen LogP) is 3.45. The number of amides is 1. The molecule has 0 aliphatic rings. The molecular formula is C18H21NO2. The molecule has 1 amide bonds. The molecule has 0 heterocycles. The lowest BCUT2D eigenvalue weighted by Gasteiger charge is -2.26. The van der Waals surface area contributed by atoms with Crippen LogP contribution in [0, 0.1) is 0 Å². The lowest BCUT2D eigenvalue weighted by molar-refractivity contribution is 0.0912. The van der Waals surface area contributed by atoms with Crippen LogP contribution in [0.4, 0.5) is 0 Å². The van der Waals surface area contributed by atoms with Crippen LogP contribution in [-0.2, 0) is 6.42 Å². The molecule has 0 unspecified atom stereocenters. The van der Waals surface area contributed by atoms with E-state index in [1.165, 1.54) is 5.56 Å². The number of nitrogens with one attached hydrogen (secondary N) is 1. The summed E-state index contributed by atoms with van der Waals surface area (Å²) in [6.45, 7) is 4.05. The third-order valence-corrected chi connectivity index (χ3v) is 3.27. The molecule has 3 heteroatoms. The molecule has 3 nitrogen and oxygen atoms in total. The Balaban J connectivity index is 2.06. The van der Waals surface area contributed by atoms with Crippen LogP contribution in [0.25, 0.3) is 0 Å². The summed E-state index contributed by atoms with van der Waals surface area (Å²) in [6, 6.07) is 17.3. The van der Waals surface area contributed by atoms with Gasteiger partial charge in [-0.15, -0.1) is 0 Å². The van der Waals surface area contributed by atoms with Gasteiger partial charge < -0.3 is 10.1 Å². The summed E-state index contributed by atoms with van der Waals surface area (Å²) in [7, 11) is 1.59. The highest BCUT2D eigenvalue weighted by Crippen LogP contribution is 2.16. The van der Waals surface area contributed by atoms with E-state index in [4.69, 9.17) is 4.74 Å². The molecule has 2 aromatic carbocycles. The second-order valence-corrected chi connectivity index (χ2v) is 5.73. The van der Waals surface area contributed by atoms with E-state index in [1.54, 1.807) is 19.2 Å². The van der Waals surface area contributed by atoms with Gasteiger partial charge in [-0.05, 0) is 44.0 Å². The van der Waals surface area contributed by atoms with Crippen LogP contribution in [0.5, 0.6) is 5.75 Å². The van der Waals surface area contributed by atoms with Gasteiger partial charge in [-0.2, -0.15) is 0 Å². The molecule has 0 radical (unpaired) electrons. The standard InChI is InChI=1S/C18H21NO2/c1-18(2,13-14-8-5-4-6-9-14)19-17(20)15-10-7-11-16(12-15)21-3/h4-12H,13H2,1-3H3,(H,19,20). The minimum absolute atomic E-state index is 0.0881. The maximum Gasteiger partial charge on any atom is 0.251 e. The molecule has 0 bridgehead atoms. The molecule has 0 fully saturated rings. The first-order chi connectivity index (χ1) is 10.00. The Morgan fingerprint density at radius 3 is 2.48 bits per heavy atom. The summed E-state index contributed by atoms with van der Waals surface area (Å²) in [5.74, 6) is 0.596. The number of methoxy groups -OCH3 is 1. The Bertz CT molecular complexity index is 606. The maximum atomic E-state index is 12.4. The zero-order valence-electron chi connectivity index (χ0n) is 12.7. The Morgan fingerprint density at radius 2 is 1.81 bits per heavy atom. The number of carbonyl (C=O) groups excluding carboxylic acids is 1. The third-order valence-electron chi connectivity index (χ3n) is 3.27. The monoisotopic (exact) mass is 283 g/mol. The fraction of sp³-hybridized carbons (Fsp3) is 0.278. The Hall–Kier alpha value is -2.29. The molecular weight excluding hydrogens is 262 g/mol. The van der Waals surface area contributed by atoms with Crippen molar-refractivity contribution in [2.75, 3.05) is 7.11 Å². The minimum Gasteiger partial charge on any atom is -0.497 e. The van der Waals surface area contributed by atoms with Crippen molar-refractivity contribution in [3.63, 3.8) is 0 Å². The Kier molecular flexibility index (Phi) is 4.63. The van der Waals surface area contributed by atoms with Crippen molar-refractivity contribution in [3.8, 4) is 5.75 Å². The van der Waals surface area contributed by atoms with Gasteiger partial charge in [-0.3, -0.25) is 4.79 Å². The Morgan fingerprint density at radius 1 is 1.10 bits per heavy atom. The highest BCUT2D eigenvalue weighted by molar-refractivity contribution is 5.95. The van der Waals surface area contributed by atoms with Gasteiger partial charge in [0.2, 0.25) is 0 Å². The van der Waals surface area contributed by atoms with E-state index < -0.39 is 0 Å². The average molecular weight is 283 g/mol. The summed E-state index contributed by atoms with van der Waals surface area (Å²) in [4.78, 5) is 12.4. The van der Waals surface area contributed by atoms with Crippen molar-refractivity contribution in [3.05, 3.63) is 65.7 Å². The van der Waals surface area contributed by atoms with E-state index in [0.717, 1.165) is 6.42 Å². The first-order valence-corrected chi connectivity index (χ1v) is 7.01. The van der Waals surface area contributed by atoms with Crippen LogP contribution >= 0.6 is 0 Å². The number of benzene rings is 2. The van der Waals surface area contributed by atoms with E-state index in [1.807, 2.05) is 44.2 Å². The summed E-state index contributed by atoms with van der Waals surface area (Å²) < 4.78 is 5.15. The molecule has 0 saturated carbocycles. The topological polar surface area (TPSA) is 38.3 Å². The van der Waals surface area contributed by atoms with E-state index in [-0.39, 0.29) is 11.4 Å². The first kappa shape index (κ1) is 15.1. The van der Waals surface area contributed by atoms with Gasteiger partial charge in [0, 0.05) is 11.1 Å². The number of hydrogen-bond acceptors (Lipinski definition) is 2. The SMILES string of the molecule is COc1cccc(C(=O)NC(C)(C)Cc2ccccc2)c1. The highest BCUT2D eigenvalue weighted by Gasteiger charge is 2.21. The lowest BCUT2D eigenvalue weighted by Crippen LogP contribution is -2.45. The molecule has 2 aromatic rings. The molecule has 0 aromatic heterocycles.